The highest BCUT2D eigenvalue weighted by atomic mass is 16.2. The molecule has 1 unspecified atom stereocenters. The molecule has 1 fully saturated rings. The highest BCUT2D eigenvalue weighted by Gasteiger charge is 2.36. The maximum atomic E-state index is 11.4. The predicted molar refractivity (Wildman–Crippen MR) is 63.3 cm³/mol. The number of hydrazine groups is 1. The zero-order valence-corrected chi connectivity index (χ0v) is 9.68. The van der Waals surface area contributed by atoms with Gasteiger partial charge in [0.05, 0.1) is 6.42 Å². The van der Waals surface area contributed by atoms with E-state index < -0.39 is 0 Å². The van der Waals surface area contributed by atoms with Crippen LogP contribution in [0.25, 0.3) is 0 Å². The minimum atomic E-state index is 0.103. The third-order valence-electron chi connectivity index (χ3n) is 2.86. The van der Waals surface area contributed by atoms with Gasteiger partial charge in [-0.2, -0.15) is 0 Å². The minimum absolute atomic E-state index is 0.103. The molecular weight excluding hydrogens is 200 g/mol. The van der Waals surface area contributed by atoms with Gasteiger partial charge in [-0.1, -0.05) is 32.0 Å². The quantitative estimate of drug-likeness (QED) is 0.749. The van der Waals surface area contributed by atoms with Crippen molar-refractivity contribution in [1.82, 2.24) is 5.43 Å². The lowest BCUT2D eigenvalue weighted by atomic mass is 10.0. The van der Waals surface area contributed by atoms with E-state index in [2.05, 4.69) is 19.3 Å². The van der Waals surface area contributed by atoms with Gasteiger partial charge >= 0.3 is 0 Å². The number of hydrogen-bond acceptors (Lipinski definition) is 1. The van der Waals surface area contributed by atoms with Crippen LogP contribution in [0.3, 0.4) is 0 Å². The van der Waals surface area contributed by atoms with Gasteiger partial charge in [0, 0.05) is 11.5 Å². The second kappa shape index (κ2) is 4.47. The van der Waals surface area contributed by atoms with Crippen molar-refractivity contribution in [3.8, 4) is 0 Å². The summed E-state index contributed by atoms with van der Waals surface area (Å²) in [6.07, 6.45) is 2.58. The first-order valence-corrected chi connectivity index (χ1v) is 5.64. The third-order valence-corrected chi connectivity index (χ3v) is 2.86. The fourth-order valence-corrected chi connectivity index (χ4v) is 1.95. The number of hydrazone groups is 1. The fraction of sp³-hybridized carbons (Fsp3) is 0.385. The zero-order chi connectivity index (χ0) is 11.5. The van der Waals surface area contributed by atoms with Crippen LogP contribution in [0.5, 0.6) is 0 Å². The molecule has 1 aromatic rings. The number of nitrogens with zero attached hydrogens (tertiary/aromatic N) is 1. The van der Waals surface area contributed by atoms with Crippen molar-refractivity contribution >= 4 is 12.1 Å². The van der Waals surface area contributed by atoms with E-state index in [9.17, 15) is 4.79 Å². The van der Waals surface area contributed by atoms with E-state index in [0.717, 1.165) is 5.56 Å². The SMILES string of the molecule is CC(C)C1CC(=O)N/[N+]1=C\c1ccccc1. The number of carbonyl (C=O) groups is 1. The number of nitrogens with one attached hydrogen (secondary N) is 1. The van der Waals surface area contributed by atoms with Crippen LogP contribution in [0.1, 0.15) is 25.8 Å². The van der Waals surface area contributed by atoms with E-state index in [1.165, 1.54) is 0 Å². The first kappa shape index (κ1) is 10.9. The Kier molecular flexibility index (Phi) is 3.04. The molecule has 1 saturated heterocycles. The van der Waals surface area contributed by atoms with Crippen molar-refractivity contribution < 1.29 is 9.48 Å². The van der Waals surface area contributed by atoms with Gasteiger partial charge in [-0.3, -0.25) is 4.79 Å². The number of carbonyl (C=O) groups excluding carboxylic acids is 1. The molecule has 1 heterocycles. The number of rotatable bonds is 2. The molecule has 1 amide bonds. The first-order valence-electron chi connectivity index (χ1n) is 5.64. The highest BCUT2D eigenvalue weighted by molar-refractivity contribution is 5.80. The molecule has 0 aliphatic carbocycles. The van der Waals surface area contributed by atoms with Gasteiger partial charge in [-0.05, 0) is 12.1 Å². The predicted octanol–water partition coefficient (Wildman–Crippen LogP) is 1.58. The minimum Gasteiger partial charge on any atom is -0.269 e. The Morgan fingerprint density at radius 2 is 2.06 bits per heavy atom. The van der Waals surface area contributed by atoms with Crippen molar-refractivity contribution in [1.29, 1.82) is 0 Å². The summed E-state index contributed by atoms with van der Waals surface area (Å²) in [5, 5.41) is 0. The maximum Gasteiger partial charge on any atom is 0.281 e. The Hall–Kier alpha value is -1.64. The summed E-state index contributed by atoms with van der Waals surface area (Å²) in [5.41, 5.74) is 3.98. The molecule has 1 aromatic carbocycles. The second-order valence-corrected chi connectivity index (χ2v) is 4.50. The molecule has 0 bridgehead atoms. The molecule has 16 heavy (non-hydrogen) atoms. The second-order valence-electron chi connectivity index (χ2n) is 4.50. The van der Waals surface area contributed by atoms with Crippen molar-refractivity contribution in [3.63, 3.8) is 0 Å². The standard InChI is InChI=1S/C13H16N2O/c1-10(2)12-8-13(16)14-15(12)9-11-6-4-3-5-7-11/h3-7,9-10,12H,8H2,1-2H3/p+1/b15-9-. The largest absolute Gasteiger partial charge is 0.281 e. The molecule has 1 aliphatic heterocycles. The third kappa shape index (κ3) is 2.30. The first-order chi connectivity index (χ1) is 7.66. The van der Waals surface area contributed by atoms with Gasteiger partial charge in [0.1, 0.15) is 0 Å². The van der Waals surface area contributed by atoms with Gasteiger partial charge in [0.15, 0.2) is 6.04 Å². The van der Waals surface area contributed by atoms with Crippen LogP contribution in [0.4, 0.5) is 0 Å². The van der Waals surface area contributed by atoms with Crippen LogP contribution >= 0.6 is 0 Å². The molecule has 0 radical (unpaired) electrons. The maximum absolute atomic E-state index is 11.4. The Morgan fingerprint density at radius 3 is 2.69 bits per heavy atom. The highest BCUT2D eigenvalue weighted by Crippen LogP contribution is 2.14. The summed E-state index contributed by atoms with van der Waals surface area (Å²) < 4.78 is 1.93. The molecule has 84 valence electrons. The smallest absolute Gasteiger partial charge is 0.269 e. The van der Waals surface area contributed by atoms with Gasteiger partial charge in [0.25, 0.3) is 5.91 Å². The molecule has 3 nitrogen and oxygen atoms in total. The van der Waals surface area contributed by atoms with Crippen molar-refractivity contribution in [2.24, 2.45) is 5.92 Å². The summed E-state index contributed by atoms with van der Waals surface area (Å²) in [6.45, 7) is 4.27. The van der Waals surface area contributed by atoms with Crippen LogP contribution in [0.2, 0.25) is 0 Å². The molecule has 1 aliphatic rings. The molecule has 0 spiro atoms. The van der Waals surface area contributed by atoms with Crippen LogP contribution in [0.15, 0.2) is 30.3 Å². The summed E-state index contributed by atoms with van der Waals surface area (Å²) in [6, 6.07) is 10.3. The molecule has 1 atom stereocenters. The molecule has 3 heteroatoms. The summed E-state index contributed by atoms with van der Waals surface area (Å²) in [5.74, 6) is 0.560. The Balaban J connectivity index is 2.26. The lowest BCUT2D eigenvalue weighted by Crippen LogP contribution is -2.32. The average Bonchev–Trinajstić information content (AvgIpc) is 2.61. The summed E-state index contributed by atoms with van der Waals surface area (Å²) in [7, 11) is 0. The van der Waals surface area contributed by atoms with Crippen LogP contribution < -0.4 is 5.43 Å². The molecule has 1 N–H and O–H groups in total. The summed E-state index contributed by atoms with van der Waals surface area (Å²) in [4.78, 5) is 11.4. The van der Waals surface area contributed by atoms with Gasteiger partial charge < -0.3 is 0 Å². The Morgan fingerprint density at radius 1 is 1.38 bits per heavy atom. The molecule has 2 rings (SSSR count). The number of benzene rings is 1. The molecular formula is C13H17N2O+. The van der Waals surface area contributed by atoms with Crippen molar-refractivity contribution in [2.45, 2.75) is 26.3 Å². The van der Waals surface area contributed by atoms with E-state index >= 15 is 0 Å². The average molecular weight is 217 g/mol. The number of hydrogen-bond donors (Lipinski definition) is 1. The van der Waals surface area contributed by atoms with Gasteiger partial charge in [-0.15, -0.1) is 10.1 Å². The van der Waals surface area contributed by atoms with Crippen LogP contribution in [-0.2, 0) is 4.79 Å². The van der Waals surface area contributed by atoms with Crippen molar-refractivity contribution in [2.75, 3.05) is 0 Å². The summed E-state index contributed by atoms with van der Waals surface area (Å²) >= 11 is 0. The monoisotopic (exact) mass is 217 g/mol. The fourth-order valence-electron chi connectivity index (χ4n) is 1.95. The van der Waals surface area contributed by atoms with E-state index in [1.54, 1.807) is 0 Å². The molecule has 0 aromatic heterocycles. The van der Waals surface area contributed by atoms with Gasteiger partial charge in [0.2, 0.25) is 6.21 Å². The lowest BCUT2D eigenvalue weighted by molar-refractivity contribution is -0.595. The Bertz CT molecular complexity index is 409. The zero-order valence-electron chi connectivity index (χ0n) is 9.68. The van der Waals surface area contributed by atoms with Crippen LogP contribution in [0, 0.1) is 5.92 Å². The van der Waals surface area contributed by atoms with Crippen molar-refractivity contribution in [3.05, 3.63) is 35.9 Å². The number of amides is 1. The Labute approximate surface area is 95.8 Å². The topological polar surface area (TPSA) is 32.1 Å². The van der Waals surface area contributed by atoms with Crippen LogP contribution in [-0.4, -0.2) is 22.8 Å². The molecule has 0 saturated carbocycles. The normalized spacial score (nSPS) is 22.8. The van der Waals surface area contributed by atoms with E-state index in [1.807, 2.05) is 41.2 Å². The lowest BCUT2D eigenvalue weighted by Gasteiger charge is -2.07. The van der Waals surface area contributed by atoms with Gasteiger partial charge in [-0.25, -0.2) is 0 Å². The van der Waals surface area contributed by atoms with E-state index in [4.69, 9.17) is 0 Å². The van der Waals surface area contributed by atoms with E-state index in [0.29, 0.717) is 12.3 Å². The van der Waals surface area contributed by atoms with E-state index in [-0.39, 0.29) is 11.9 Å².